The van der Waals surface area contributed by atoms with E-state index in [-0.39, 0.29) is 0 Å². The van der Waals surface area contributed by atoms with E-state index in [0.717, 1.165) is 29.7 Å². The van der Waals surface area contributed by atoms with E-state index in [1.807, 2.05) is 24.3 Å². The summed E-state index contributed by atoms with van der Waals surface area (Å²) < 4.78 is 6.75. The van der Waals surface area contributed by atoms with Gasteiger partial charge in [0.2, 0.25) is 11.8 Å². The average Bonchev–Trinajstić information content (AvgIpc) is 2.85. The molecular formula is C14H17BrN4O. The summed E-state index contributed by atoms with van der Waals surface area (Å²) in [5.74, 6) is 1.24. The molecule has 1 N–H and O–H groups in total. The highest BCUT2D eigenvalue weighted by molar-refractivity contribution is 9.10. The zero-order valence-corrected chi connectivity index (χ0v) is 12.9. The highest BCUT2D eigenvalue weighted by Crippen LogP contribution is 2.27. The van der Waals surface area contributed by atoms with Gasteiger partial charge in [-0.15, -0.1) is 10.2 Å². The van der Waals surface area contributed by atoms with Crippen molar-refractivity contribution in [2.45, 2.75) is 19.5 Å². The number of nitrogens with zero attached hydrogens (tertiary/aromatic N) is 3. The molecule has 0 radical (unpaired) electrons. The molecule has 0 atom stereocenters. The van der Waals surface area contributed by atoms with Gasteiger partial charge >= 0.3 is 0 Å². The quantitative estimate of drug-likeness (QED) is 0.907. The first-order valence-electron chi connectivity index (χ1n) is 6.80. The van der Waals surface area contributed by atoms with E-state index in [1.54, 1.807) is 0 Å². The monoisotopic (exact) mass is 336 g/mol. The van der Waals surface area contributed by atoms with Gasteiger partial charge in [-0.05, 0) is 34.6 Å². The number of hydrogen-bond acceptors (Lipinski definition) is 5. The first kappa shape index (κ1) is 13.7. The van der Waals surface area contributed by atoms with Gasteiger partial charge in [-0.2, -0.15) is 0 Å². The first-order chi connectivity index (χ1) is 9.78. The lowest BCUT2D eigenvalue weighted by atomic mass is 10.1. The molecule has 1 fully saturated rings. The molecule has 5 nitrogen and oxygen atoms in total. The van der Waals surface area contributed by atoms with E-state index >= 15 is 0 Å². The maximum atomic E-state index is 5.79. The van der Waals surface area contributed by atoms with Crippen LogP contribution < -0.4 is 5.32 Å². The second-order valence-corrected chi connectivity index (χ2v) is 5.71. The predicted octanol–water partition coefficient (Wildman–Crippen LogP) is 2.29. The number of halogens is 1. The second kappa shape index (κ2) is 6.03. The molecule has 2 heterocycles. The summed E-state index contributed by atoms with van der Waals surface area (Å²) >= 11 is 3.50. The second-order valence-electron chi connectivity index (χ2n) is 4.86. The number of hydrogen-bond donors (Lipinski definition) is 1. The Morgan fingerprint density at radius 1 is 1.35 bits per heavy atom. The Balaban J connectivity index is 1.75. The lowest BCUT2D eigenvalue weighted by molar-refractivity contribution is 0.133. The molecular weight excluding hydrogens is 320 g/mol. The maximum absolute atomic E-state index is 5.79. The molecule has 0 aliphatic carbocycles. The molecule has 20 heavy (non-hydrogen) atoms. The van der Waals surface area contributed by atoms with Crippen LogP contribution in [0.4, 0.5) is 0 Å². The molecule has 1 aromatic heterocycles. The lowest BCUT2D eigenvalue weighted by Gasteiger charge is -2.36. The van der Waals surface area contributed by atoms with Gasteiger partial charge in [-0.1, -0.05) is 19.1 Å². The molecule has 0 unspecified atom stereocenters. The molecule has 106 valence electrons. The Kier molecular flexibility index (Phi) is 4.14. The summed E-state index contributed by atoms with van der Waals surface area (Å²) in [7, 11) is 0. The fraction of sp³-hybridized carbons (Fsp3) is 0.429. The van der Waals surface area contributed by atoms with E-state index < -0.39 is 0 Å². The third-order valence-electron chi connectivity index (χ3n) is 3.59. The topological polar surface area (TPSA) is 54.2 Å². The number of rotatable bonds is 5. The fourth-order valence-corrected chi connectivity index (χ4v) is 2.72. The van der Waals surface area contributed by atoms with Crippen LogP contribution in [0.3, 0.4) is 0 Å². The normalized spacial score (nSPS) is 15.6. The summed E-state index contributed by atoms with van der Waals surface area (Å²) in [6, 6.07) is 8.45. The Bertz CT molecular complexity index is 582. The van der Waals surface area contributed by atoms with Crippen LogP contribution >= 0.6 is 15.9 Å². The molecule has 1 aromatic carbocycles. The van der Waals surface area contributed by atoms with E-state index in [9.17, 15) is 0 Å². The van der Waals surface area contributed by atoms with Crippen LogP contribution in [0.5, 0.6) is 0 Å². The van der Waals surface area contributed by atoms with Crippen LogP contribution in [0, 0.1) is 0 Å². The zero-order valence-electron chi connectivity index (χ0n) is 11.3. The third-order valence-corrected chi connectivity index (χ3v) is 4.28. The smallest absolute Gasteiger partial charge is 0.248 e. The number of benzene rings is 1. The van der Waals surface area contributed by atoms with Gasteiger partial charge in [0.15, 0.2) is 0 Å². The van der Waals surface area contributed by atoms with E-state index in [4.69, 9.17) is 4.42 Å². The van der Waals surface area contributed by atoms with Crippen molar-refractivity contribution in [3.63, 3.8) is 0 Å². The average molecular weight is 337 g/mol. The van der Waals surface area contributed by atoms with Crippen LogP contribution in [-0.2, 0) is 6.54 Å². The van der Waals surface area contributed by atoms with Crippen LogP contribution in [0.2, 0.25) is 0 Å². The van der Waals surface area contributed by atoms with Crippen LogP contribution in [0.15, 0.2) is 33.2 Å². The minimum Gasteiger partial charge on any atom is -0.419 e. The van der Waals surface area contributed by atoms with E-state index in [2.05, 4.69) is 43.3 Å². The zero-order chi connectivity index (χ0) is 13.9. The minimum atomic E-state index is 0.565. The molecule has 1 aliphatic heterocycles. The van der Waals surface area contributed by atoms with Crippen molar-refractivity contribution in [1.29, 1.82) is 0 Å². The number of aromatic nitrogens is 2. The van der Waals surface area contributed by atoms with Crippen LogP contribution in [0.1, 0.15) is 12.8 Å². The Labute approximate surface area is 126 Å². The fourth-order valence-electron chi connectivity index (χ4n) is 2.27. The predicted molar refractivity (Wildman–Crippen MR) is 80.2 cm³/mol. The maximum Gasteiger partial charge on any atom is 0.248 e. The van der Waals surface area contributed by atoms with Crippen molar-refractivity contribution >= 4 is 15.9 Å². The summed E-state index contributed by atoms with van der Waals surface area (Å²) in [6.07, 6.45) is 0. The van der Waals surface area contributed by atoms with E-state index in [1.165, 1.54) is 0 Å². The van der Waals surface area contributed by atoms with Gasteiger partial charge in [-0.25, -0.2) is 0 Å². The Morgan fingerprint density at radius 3 is 2.80 bits per heavy atom. The van der Waals surface area contributed by atoms with Crippen molar-refractivity contribution in [2.24, 2.45) is 0 Å². The summed E-state index contributed by atoms with van der Waals surface area (Å²) in [6.45, 7) is 5.93. The first-order valence-corrected chi connectivity index (χ1v) is 7.59. The van der Waals surface area contributed by atoms with Gasteiger partial charge in [-0.3, -0.25) is 4.90 Å². The van der Waals surface area contributed by atoms with Crippen molar-refractivity contribution in [2.75, 3.05) is 19.6 Å². The highest BCUT2D eigenvalue weighted by Gasteiger charge is 2.25. The Hall–Kier alpha value is -1.24. The van der Waals surface area contributed by atoms with Gasteiger partial charge < -0.3 is 9.73 Å². The molecule has 2 aromatic rings. The summed E-state index contributed by atoms with van der Waals surface area (Å²) in [5.41, 5.74) is 0.930. The molecule has 0 saturated carbocycles. The highest BCUT2D eigenvalue weighted by atomic mass is 79.9. The van der Waals surface area contributed by atoms with Crippen molar-refractivity contribution in [3.8, 4) is 11.5 Å². The molecule has 0 amide bonds. The van der Waals surface area contributed by atoms with E-state index in [0.29, 0.717) is 24.4 Å². The van der Waals surface area contributed by atoms with Gasteiger partial charge in [0, 0.05) is 23.6 Å². The minimum absolute atomic E-state index is 0.565. The number of likely N-dealkylation sites (N-methyl/N-ethyl adjacent to an activating group) is 1. The molecule has 1 aliphatic rings. The van der Waals surface area contributed by atoms with Crippen LogP contribution in [-0.4, -0.2) is 40.8 Å². The number of nitrogens with one attached hydrogen (secondary N) is 1. The van der Waals surface area contributed by atoms with Gasteiger partial charge in [0.25, 0.3) is 0 Å². The van der Waals surface area contributed by atoms with Crippen molar-refractivity contribution in [3.05, 3.63) is 34.6 Å². The van der Waals surface area contributed by atoms with Crippen molar-refractivity contribution in [1.82, 2.24) is 20.4 Å². The molecule has 3 rings (SSSR count). The largest absolute Gasteiger partial charge is 0.419 e. The van der Waals surface area contributed by atoms with Crippen LogP contribution in [0.25, 0.3) is 11.5 Å². The standard InChI is InChI=1S/C14H17BrN4O/c1-2-19(10-7-16-8-10)9-13-17-18-14(20-13)11-5-3-4-6-12(11)15/h3-6,10,16H,2,7-9H2,1H3. The van der Waals surface area contributed by atoms with Gasteiger partial charge in [0.05, 0.1) is 12.1 Å². The molecule has 6 heteroatoms. The SMILES string of the molecule is CCN(Cc1nnc(-c2ccccc2Br)o1)C1CNC1. The summed E-state index contributed by atoms with van der Waals surface area (Å²) in [5, 5.41) is 11.6. The molecule has 0 bridgehead atoms. The summed E-state index contributed by atoms with van der Waals surface area (Å²) in [4.78, 5) is 2.35. The van der Waals surface area contributed by atoms with Crippen molar-refractivity contribution < 1.29 is 4.42 Å². The molecule has 1 saturated heterocycles. The third kappa shape index (κ3) is 2.77. The Morgan fingerprint density at radius 2 is 2.15 bits per heavy atom. The molecule has 0 spiro atoms. The lowest BCUT2D eigenvalue weighted by Crippen LogP contribution is -2.56. The van der Waals surface area contributed by atoms with Gasteiger partial charge in [0.1, 0.15) is 0 Å².